The lowest BCUT2D eigenvalue weighted by Crippen LogP contribution is -2.60. The van der Waals surface area contributed by atoms with Crippen molar-refractivity contribution < 1.29 is 18.7 Å². The molecular weight excluding hydrogens is 272 g/mol. The molecule has 0 aromatic carbocycles. The topological polar surface area (TPSA) is 71.9 Å². The zero-order valence-electron chi connectivity index (χ0n) is 13.4. The van der Waals surface area contributed by atoms with Gasteiger partial charge in [-0.3, -0.25) is 0 Å². The molecule has 20 heavy (non-hydrogen) atoms. The predicted molar refractivity (Wildman–Crippen MR) is 80.6 cm³/mol. The van der Waals surface area contributed by atoms with Gasteiger partial charge in [0.25, 0.3) is 0 Å². The van der Waals surface area contributed by atoms with Gasteiger partial charge in [0.1, 0.15) is 5.60 Å². The first kappa shape index (κ1) is 18.6. The van der Waals surface area contributed by atoms with E-state index in [9.17, 15) is 10.3 Å². The van der Waals surface area contributed by atoms with Crippen LogP contribution in [0.1, 0.15) is 41.5 Å². The molecule has 0 fully saturated rings. The summed E-state index contributed by atoms with van der Waals surface area (Å²) in [5.74, 6) is 1.89. The fourth-order valence-electron chi connectivity index (χ4n) is 2.32. The molecule has 0 aliphatic carbocycles. The van der Waals surface area contributed by atoms with E-state index >= 15 is 0 Å². The fourth-order valence-corrected chi connectivity index (χ4v) is 6.80. The Balaban J connectivity index is 6.13. The van der Waals surface area contributed by atoms with E-state index in [0.29, 0.717) is 0 Å². The van der Waals surface area contributed by atoms with Crippen LogP contribution in [0.25, 0.3) is 5.53 Å². The highest BCUT2D eigenvalue weighted by atomic mass is 28.4. The molecule has 0 spiro atoms. The molecule has 0 unspecified atom stereocenters. The molecule has 0 rings (SSSR count). The molecule has 0 N–H and O–H groups in total. The molecular formula is C14H24N2O3Si. The van der Waals surface area contributed by atoms with Crippen LogP contribution in [-0.4, -0.2) is 37.1 Å². The highest BCUT2D eigenvalue weighted by molar-refractivity contribution is 7.11. The standard InChI is InChI=1S/C14H24N2O3Si/c1-9-14(6,7)19-20(10(2)3,11(4)5)12(16-15)13(17)18-8/h1,10-11H,2-8H3. The van der Waals surface area contributed by atoms with Crippen molar-refractivity contribution in [2.45, 2.75) is 58.2 Å². The number of esters is 1. The fraction of sp³-hybridized carbons (Fsp3) is 0.714. The third-order valence-corrected chi connectivity index (χ3v) is 8.66. The van der Waals surface area contributed by atoms with E-state index in [0.717, 1.165) is 0 Å². The van der Waals surface area contributed by atoms with Crippen molar-refractivity contribution in [3.8, 4) is 12.3 Å². The van der Waals surface area contributed by atoms with Crippen LogP contribution in [0, 0.1) is 12.3 Å². The first-order valence-electron chi connectivity index (χ1n) is 6.57. The molecule has 0 heterocycles. The Labute approximate surface area is 122 Å². The summed E-state index contributed by atoms with van der Waals surface area (Å²) in [6.45, 7) is 11.3. The molecule has 0 atom stereocenters. The third kappa shape index (κ3) is 3.57. The zero-order chi connectivity index (χ0) is 16.1. The van der Waals surface area contributed by atoms with Crippen LogP contribution in [0.3, 0.4) is 0 Å². The van der Waals surface area contributed by atoms with Crippen LogP contribution in [-0.2, 0) is 14.0 Å². The maximum absolute atomic E-state index is 12.0. The zero-order valence-corrected chi connectivity index (χ0v) is 14.4. The Bertz CT molecular complexity index is 450. The van der Waals surface area contributed by atoms with Gasteiger partial charge in [-0.2, -0.15) is 4.79 Å². The maximum atomic E-state index is 12.0. The third-order valence-electron chi connectivity index (χ3n) is 3.34. The van der Waals surface area contributed by atoms with Crippen LogP contribution in [0.5, 0.6) is 0 Å². The number of nitrogens with zero attached hydrogens (tertiary/aromatic N) is 2. The molecule has 0 amide bonds. The molecule has 6 heteroatoms. The summed E-state index contributed by atoms with van der Waals surface area (Å²) < 4.78 is 10.9. The lowest BCUT2D eigenvalue weighted by atomic mass is 10.2. The van der Waals surface area contributed by atoms with E-state index in [2.05, 4.69) is 10.7 Å². The summed E-state index contributed by atoms with van der Waals surface area (Å²) >= 11 is 0. The van der Waals surface area contributed by atoms with Crippen molar-refractivity contribution in [3.05, 3.63) is 5.53 Å². The maximum Gasteiger partial charge on any atom is 0.413 e. The molecule has 0 aliphatic heterocycles. The van der Waals surface area contributed by atoms with E-state index in [1.54, 1.807) is 13.8 Å². The van der Waals surface area contributed by atoms with Crippen LogP contribution in [0.4, 0.5) is 0 Å². The van der Waals surface area contributed by atoms with Crippen LogP contribution in [0.2, 0.25) is 11.1 Å². The van der Waals surface area contributed by atoms with Gasteiger partial charge >= 0.3 is 19.6 Å². The predicted octanol–water partition coefficient (Wildman–Crippen LogP) is 2.56. The van der Waals surface area contributed by atoms with E-state index in [1.165, 1.54) is 7.11 Å². The highest BCUT2D eigenvalue weighted by Crippen LogP contribution is 2.37. The monoisotopic (exact) mass is 296 g/mol. The summed E-state index contributed by atoms with van der Waals surface area (Å²) in [5, 5.41) is -0.0340. The Hall–Kier alpha value is -1.41. The second-order valence-electron chi connectivity index (χ2n) is 5.80. The molecule has 0 bridgehead atoms. The van der Waals surface area contributed by atoms with Crippen molar-refractivity contribution in [2.24, 2.45) is 0 Å². The minimum atomic E-state index is -2.94. The number of carbonyl (C=O) groups excluding carboxylic acids is 1. The number of hydrogen-bond donors (Lipinski definition) is 0. The van der Waals surface area contributed by atoms with Gasteiger partial charge in [0, 0.05) is 0 Å². The van der Waals surface area contributed by atoms with Crippen molar-refractivity contribution in [1.82, 2.24) is 0 Å². The Morgan fingerprint density at radius 3 is 2.00 bits per heavy atom. The number of methoxy groups -OCH3 is 1. The summed E-state index contributed by atoms with van der Waals surface area (Å²) in [6.07, 6.45) is 5.49. The molecule has 0 radical (unpaired) electrons. The SMILES string of the molecule is C#CC(C)(C)O[Si](C(=[N+]=[N-])C(=O)OC)(C(C)C)C(C)C. The first-order chi connectivity index (χ1) is 9.08. The van der Waals surface area contributed by atoms with Crippen LogP contribution >= 0.6 is 0 Å². The Morgan fingerprint density at radius 2 is 1.75 bits per heavy atom. The lowest BCUT2D eigenvalue weighted by Gasteiger charge is -2.38. The normalized spacial score (nSPS) is 12.0. The molecule has 0 saturated heterocycles. The van der Waals surface area contributed by atoms with E-state index < -0.39 is 19.9 Å². The Morgan fingerprint density at radius 1 is 1.30 bits per heavy atom. The second-order valence-corrected chi connectivity index (χ2v) is 10.4. The highest BCUT2D eigenvalue weighted by Gasteiger charge is 2.59. The number of carbonyl (C=O) groups is 1. The van der Waals surface area contributed by atoms with E-state index in [1.807, 2.05) is 27.7 Å². The minimum absolute atomic E-state index is 0.0138. The van der Waals surface area contributed by atoms with Crippen molar-refractivity contribution in [3.63, 3.8) is 0 Å². The lowest BCUT2D eigenvalue weighted by molar-refractivity contribution is -0.137. The molecule has 0 aromatic rings. The smallest absolute Gasteiger partial charge is 0.413 e. The summed E-state index contributed by atoms with van der Waals surface area (Å²) in [7, 11) is -1.69. The first-order valence-corrected chi connectivity index (χ1v) is 8.64. The van der Waals surface area contributed by atoms with Crippen LogP contribution in [0.15, 0.2) is 0 Å². The molecule has 0 aromatic heterocycles. The van der Waals surface area contributed by atoms with Gasteiger partial charge in [0.15, 0.2) is 0 Å². The quantitative estimate of drug-likeness (QED) is 0.189. The molecule has 5 nitrogen and oxygen atoms in total. The summed E-state index contributed by atoms with van der Waals surface area (Å²) in [5.41, 5.74) is 8.44. The van der Waals surface area contributed by atoms with Gasteiger partial charge in [0.2, 0.25) is 0 Å². The van der Waals surface area contributed by atoms with Gasteiger partial charge in [-0.25, -0.2) is 4.79 Å². The number of rotatable bonds is 6. The molecule has 0 aliphatic rings. The molecule has 112 valence electrons. The molecule has 0 saturated carbocycles. The van der Waals surface area contributed by atoms with Gasteiger partial charge in [0.05, 0.1) is 7.11 Å². The van der Waals surface area contributed by atoms with Gasteiger partial charge in [-0.15, -0.1) is 6.42 Å². The van der Waals surface area contributed by atoms with E-state index in [4.69, 9.17) is 15.6 Å². The number of ether oxygens (including phenoxy) is 1. The van der Waals surface area contributed by atoms with Crippen molar-refractivity contribution >= 4 is 19.6 Å². The van der Waals surface area contributed by atoms with Gasteiger partial charge < -0.3 is 14.7 Å². The second kappa shape index (κ2) is 6.85. The number of hydrogen-bond acceptors (Lipinski definition) is 3. The average Bonchev–Trinajstić information content (AvgIpc) is 2.37. The van der Waals surface area contributed by atoms with Crippen molar-refractivity contribution in [2.75, 3.05) is 7.11 Å². The average molecular weight is 296 g/mol. The van der Waals surface area contributed by atoms with Crippen LogP contribution < -0.4 is 0 Å². The number of terminal acetylenes is 1. The minimum Gasteiger partial charge on any atom is -0.461 e. The van der Waals surface area contributed by atoms with E-state index in [-0.39, 0.29) is 16.4 Å². The Kier molecular flexibility index (Phi) is 6.36. The summed E-state index contributed by atoms with van der Waals surface area (Å²) in [6, 6.07) is 0. The van der Waals surface area contributed by atoms with Crippen molar-refractivity contribution in [1.29, 1.82) is 0 Å². The summed E-state index contributed by atoms with van der Waals surface area (Å²) in [4.78, 5) is 15.2. The largest absolute Gasteiger partial charge is 0.461 e. The van der Waals surface area contributed by atoms with Gasteiger partial charge in [-0.1, -0.05) is 33.6 Å². The van der Waals surface area contributed by atoms with Gasteiger partial charge in [-0.05, 0) is 24.9 Å².